The van der Waals surface area contributed by atoms with Gasteiger partial charge in [0, 0.05) is 34.8 Å². The number of piperidine rings is 1. The second kappa shape index (κ2) is 31.8. The van der Waals surface area contributed by atoms with Crippen molar-refractivity contribution in [2.45, 2.75) is 235 Å². The molecule has 0 unspecified atom stereocenters. The number of amides is 2. The summed E-state index contributed by atoms with van der Waals surface area (Å²) in [7, 11) is 0. The maximum absolute atomic E-state index is 13.1. The summed E-state index contributed by atoms with van der Waals surface area (Å²) in [5.41, 5.74) is 10.0. The van der Waals surface area contributed by atoms with E-state index in [-0.39, 0.29) is 99.8 Å². The molecule has 6 N–H and O–H groups in total. The molecule has 1 saturated heterocycles. The standard InChI is InChI=1S/C21H31N3O2.C16H20N2O3.C10H17N.C6H5NO4.C5H5NO3.C4H9.4CH4.Li/c1-14-18(13-24-5-3-2-4-6-24)19(26-23-14)20(25)22-21-10-15-7-16(11-21)9-17(8-15)12-21;1-9-13(8-19)14(21-18-9)15(20)17-16-5-10-2-11(6-16)4-12(3-10)7-16;11-10-4-7-1-8(5-10)3-9(2-7)6-10;1-3-4(2-8)5(6(9)10)11-7-3;1-3-2-4(5(7)8)9-6-3;1-3-4-2;;;;;/h15-17H,2-13H2,1H3,(H,22,25);8,10-12H,2-7H2,1H3,(H,17,20);7-9H,1-6,11H2;2H,1H3,(H,9,10);2H,1H3,(H,7,8);1,3-4H2,2H3;4*1H4;/q;;;;;-1;;;;;+1. The smallest absolute Gasteiger partial charge is 0.475 e. The minimum atomic E-state index is -1.28. The Bertz CT molecular complexity index is 2790. The number of nitrogens with two attached hydrogens (primary N) is 1. The average Bonchev–Trinajstić information content (AvgIpc) is 1.54. The van der Waals surface area contributed by atoms with Gasteiger partial charge >= 0.3 is 30.8 Å². The van der Waals surface area contributed by atoms with E-state index in [0.717, 1.165) is 110 Å². The summed E-state index contributed by atoms with van der Waals surface area (Å²) in [6.07, 6.45) is 30.6. The number of hydrogen-bond donors (Lipinski definition) is 5. The monoisotopic (exact) mass is 1210 g/mol. The number of likely N-dealkylation sites (tertiary alicyclic amines) is 1. The number of carboxylic acid groups (broad SMARTS) is 2. The number of aldehydes is 2. The molecule has 21 heteroatoms. The van der Waals surface area contributed by atoms with Gasteiger partial charge in [0.05, 0.1) is 33.9 Å². The van der Waals surface area contributed by atoms with E-state index < -0.39 is 17.7 Å². The molecule has 17 rings (SSSR count). The van der Waals surface area contributed by atoms with Crippen LogP contribution in [0, 0.1) is 87.9 Å². The van der Waals surface area contributed by atoms with E-state index in [1.54, 1.807) is 13.8 Å². The molecule has 12 saturated carbocycles. The molecule has 13 fully saturated rings. The molecule has 0 aromatic carbocycles. The molecule has 20 nitrogen and oxygen atoms in total. The van der Waals surface area contributed by atoms with Crippen LogP contribution in [-0.2, 0) is 6.54 Å². The largest absolute Gasteiger partial charge is 1.00 e. The van der Waals surface area contributed by atoms with Crippen LogP contribution in [0.5, 0.6) is 0 Å². The molecule has 4 aromatic rings. The summed E-state index contributed by atoms with van der Waals surface area (Å²) in [5.74, 6) is 5.15. The first-order chi connectivity index (χ1) is 39.2. The maximum Gasteiger partial charge on any atom is 1.00 e. The van der Waals surface area contributed by atoms with Crippen LogP contribution in [-0.4, -0.2) is 102 Å². The van der Waals surface area contributed by atoms with Crippen molar-refractivity contribution < 1.29 is 75.9 Å². The van der Waals surface area contributed by atoms with Crippen molar-refractivity contribution in [1.29, 1.82) is 0 Å². The molecule has 4 aromatic heterocycles. The van der Waals surface area contributed by atoms with E-state index in [1.165, 1.54) is 135 Å². The fourth-order valence-electron chi connectivity index (χ4n) is 17.2. The number of hydrogen-bond acceptors (Lipinski definition) is 16. The number of carboxylic acids is 2. The van der Waals surface area contributed by atoms with E-state index in [1.807, 2.05) is 6.92 Å². The Hall–Kier alpha value is -5.42. The molecule has 1 aliphatic heterocycles. The van der Waals surface area contributed by atoms with Gasteiger partial charge in [-0.25, -0.2) is 9.59 Å². The number of aromatic carboxylic acids is 2. The summed E-state index contributed by atoms with van der Waals surface area (Å²) < 4.78 is 19.3. The summed E-state index contributed by atoms with van der Waals surface area (Å²) >= 11 is 0. The fourth-order valence-corrected chi connectivity index (χ4v) is 17.2. The third-order valence-corrected chi connectivity index (χ3v) is 19.6. The van der Waals surface area contributed by atoms with Crippen LogP contribution >= 0.6 is 0 Å². The molecule has 5 heterocycles. The number of nitrogens with zero attached hydrogens (tertiary/aromatic N) is 5. The van der Waals surface area contributed by atoms with Gasteiger partial charge in [-0.05, 0) is 222 Å². The van der Waals surface area contributed by atoms with Crippen molar-refractivity contribution in [1.82, 2.24) is 36.2 Å². The Labute approximate surface area is 528 Å². The number of carbonyl (C=O) groups excluding carboxylic acids is 4. The van der Waals surface area contributed by atoms with Crippen molar-refractivity contribution in [3.05, 3.63) is 75.5 Å². The number of aromatic nitrogens is 4. The number of rotatable bonds is 11. The average molecular weight is 1210 g/mol. The fraction of sp³-hybridized carbons (Fsp3) is 0.712. The van der Waals surface area contributed by atoms with Gasteiger partial charge < -0.3 is 51.6 Å². The maximum atomic E-state index is 13.1. The van der Waals surface area contributed by atoms with Crippen molar-refractivity contribution in [3.8, 4) is 0 Å². The molecular weight excluding hydrogens is 1100 g/mol. The Balaban J connectivity index is 0.000000238. The van der Waals surface area contributed by atoms with Gasteiger partial charge in [-0.2, -0.15) is 6.42 Å². The number of nitrogens with one attached hydrogen (secondary N) is 2. The predicted octanol–water partition coefficient (Wildman–Crippen LogP) is 10.4. The Kier molecular flexibility index (Phi) is 27.1. The Morgan fingerprint density at radius 3 is 1.25 bits per heavy atom. The summed E-state index contributed by atoms with van der Waals surface area (Å²) in [4.78, 5) is 69.8. The van der Waals surface area contributed by atoms with Crippen LogP contribution in [0.2, 0.25) is 0 Å². The van der Waals surface area contributed by atoms with E-state index in [9.17, 15) is 28.8 Å². The van der Waals surface area contributed by atoms with E-state index in [2.05, 4.69) is 59.1 Å². The van der Waals surface area contributed by atoms with Gasteiger partial charge in [-0.15, -0.1) is 0 Å². The van der Waals surface area contributed by atoms with Crippen LogP contribution in [0.25, 0.3) is 0 Å². The quantitative estimate of drug-likeness (QED) is 0.0530. The zero-order chi connectivity index (χ0) is 58.5. The predicted molar refractivity (Wildman–Crippen MR) is 328 cm³/mol. The molecule has 2 amide bonds. The van der Waals surface area contributed by atoms with E-state index >= 15 is 0 Å². The molecule has 0 spiro atoms. The van der Waals surface area contributed by atoms with Crippen molar-refractivity contribution in [3.63, 3.8) is 0 Å². The minimum Gasteiger partial charge on any atom is -0.475 e. The molecule has 0 radical (unpaired) electrons. The van der Waals surface area contributed by atoms with Gasteiger partial charge in [0.1, 0.15) is 0 Å². The first kappa shape index (κ1) is 74.0. The molecule has 12 bridgehead atoms. The molecule has 13 aliphatic rings. The molecule has 87 heavy (non-hydrogen) atoms. The van der Waals surface area contributed by atoms with Crippen LogP contribution < -0.4 is 35.2 Å². The van der Waals surface area contributed by atoms with Crippen LogP contribution in [0.3, 0.4) is 0 Å². The Morgan fingerprint density at radius 2 is 0.931 bits per heavy atom. The summed E-state index contributed by atoms with van der Waals surface area (Å²) in [6.45, 7) is 15.5. The van der Waals surface area contributed by atoms with Crippen molar-refractivity contribution >= 4 is 36.3 Å². The van der Waals surface area contributed by atoms with Gasteiger partial charge in [0.15, 0.2) is 12.6 Å². The topological polar surface area (TPSA) is 300 Å². The summed E-state index contributed by atoms with van der Waals surface area (Å²) in [5, 5.41) is 37.9. The van der Waals surface area contributed by atoms with Crippen LogP contribution in [0.1, 0.15) is 276 Å². The third kappa shape index (κ3) is 17.9. The SMILES string of the molecule is C.C.C.C.Cc1cc(C(=O)O)on1.Cc1noc(C(=O)NC23CC4CC(CC(C4)C2)C3)c1C=O.Cc1noc(C(=O)NC23CC4CC(CC(C4)C2)C3)c1CN1CCCCC1.Cc1noc(C(=O)O)c1C=O.NC12CC3CC(CC(C3)C1)C2.[CH2-]CCC.[Li+]. The molecular formula is C66H103LiN8O12. The van der Waals surface area contributed by atoms with Gasteiger partial charge in [0.2, 0.25) is 17.3 Å². The zero-order valence-corrected chi connectivity index (χ0v) is 49.8. The minimum absolute atomic E-state index is 0. The second-order valence-corrected chi connectivity index (χ2v) is 26.6. The summed E-state index contributed by atoms with van der Waals surface area (Å²) in [6, 6.07) is 1.36. The number of aryl methyl sites for hydroxylation is 4. The van der Waals surface area contributed by atoms with E-state index in [4.69, 9.17) is 25.0 Å². The van der Waals surface area contributed by atoms with Crippen molar-refractivity contribution in [2.24, 2.45) is 59.0 Å². The molecule has 0 atom stereocenters. The number of unbranched alkanes of at least 4 members (excludes halogenated alkanes) is 1. The molecule has 12 aliphatic carbocycles. The van der Waals surface area contributed by atoms with Crippen LogP contribution in [0.4, 0.5) is 0 Å². The van der Waals surface area contributed by atoms with Gasteiger partial charge in [-0.1, -0.05) is 70.1 Å². The molecule has 480 valence electrons. The third-order valence-electron chi connectivity index (χ3n) is 19.6. The van der Waals surface area contributed by atoms with Crippen molar-refractivity contribution in [2.75, 3.05) is 13.1 Å². The second-order valence-electron chi connectivity index (χ2n) is 26.6. The van der Waals surface area contributed by atoms with Gasteiger partial charge in [0.25, 0.3) is 17.6 Å². The number of carbonyl (C=O) groups is 6. The zero-order valence-electron chi connectivity index (χ0n) is 49.8. The normalized spacial score (nSPS) is 29.9. The first-order valence-corrected chi connectivity index (χ1v) is 30.3. The van der Waals surface area contributed by atoms with E-state index in [0.29, 0.717) is 35.3 Å². The van der Waals surface area contributed by atoms with Gasteiger partial charge in [-0.3, -0.25) is 24.1 Å². The first-order valence-electron chi connectivity index (χ1n) is 30.3. The Morgan fingerprint density at radius 1 is 0.575 bits per heavy atom. The van der Waals surface area contributed by atoms with Crippen LogP contribution in [0.15, 0.2) is 24.2 Å².